The van der Waals surface area contributed by atoms with E-state index in [0.29, 0.717) is 5.13 Å². The topological polar surface area (TPSA) is 51.2 Å². The van der Waals surface area contributed by atoms with Crippen molar-refractivity contribution in [3.8, 4) is 0 Å². The third-order valence-corrected chi connectivity index (χ3v) is 3.42. The van der Waals surface area contributed by atoms with Gasteiger partial charge in [0.25, 0.3) is 0 Å². The third kappa shape index (κ3) is 2.60. The Labute approximate surface area is 96.6 Å². The Morgan fingerprint density at radius 3 is 3.07 bits per heavy atom. The minimum absolute atomic E-state index is 0.142. The summed E-state index contributed by atoms with van der Waals surface area (Å²) in [6, 6.07) is -0.142. The zero-order chi connectivity index (χ0) is 10.7. The van der Waals surface area contributed by atoms with E-state index in [1.807, 2.05) is 0 Å². The molecular formula is C9H11ClN2O2S. The first-order chi connectivity index (χ1) is 7.29. The van der Waals surface area contributed by atoms with Crippen LogP contribution in [0.15, 0.2) is 0 Å². The number of carbonyl (C=O) groups excluding carboxylic acids is 1. The van der Waals surface area contributed by atoms with E-state index < -0.39 is 6.09 Å². The van der Waals surface area contributed by atoms with Gasteiger partial charge < -0.3 is 4.74 Å². The van der Waals surface area contributed by atoms with Gasteiger partial charge in [0, 0.05) is 4.88 Å². The number of halogens is 1. The van der Waals surface area contributed by atoms with Crippen molar-refractivity contribution in [1.82, 2.24) is 4.98 Å². The van der Waals surface area contributed by atoms with E-state index in [2.05, 4.69) is 15.0 Å². The number of fused-ring (bicyclic) bond motifs is 1. The van der Waals surface area contributed by atoms with Crippen LogP contribution in [0.2, 0.25) is 0 Å². The monoisotopic (exact) mass is 246 g/mol. The first kappa shape index (κ1) is 10.7. The Hall–Kier alpha value is -0.810. The molecule has 1 N–H and O–H groups in total. The Balaban J connectivity index is 2.03. The largest absolute Gasteiger partial charge is 0.433 e. The highest BCUT2D eigenvalue weighted by Crippen LogP contribution is 2.29. The molecule has 82 valence electrons. The van der Waals surface area contributed by atoms with Crippen LogP contribution in [0.3, 0.4) is 0 Å². The van der Waals surface area contributed by atoms with Crippen LogP contribution in [0.1, 0.15) is 23.4 Å². The molecule has 6 heteroatoms. The summed E-state index contributed by atoms with van der Waals surface area (Å²) >= 11 is 6.79. The van der Waals surface area contributed by atoms with Gasteiger partial charge in [-0.25, -0.2) is 9.78 Å². The molecular weight excluding hydrogens is 236 g/mol. The molecule has 0 atom stereocenters. The lowest BCUT2D eigenvalue weighted by Gasteiger charge is -2.06. The molecule has 0 radical (unpaired) electrons. The number of carbonyl (C=O) groups is 1. The van der Waals surface area contributed by atoms with Gasteiger partial charge in [-0.15, -0.1) is 11.3 Å². The lowest BCUT2D eigenvalue weighted by molar-refractivity contribution is 0.180. The minimum atomic E-state index is -0.545. The standard InChI is InChI=1S/C9H11ClN2O2S/c10-5-14-9(13)12-8-11-6-3-1-2-4-7(6)15-8/h1-5H2,(H,11,12,13). The zero-order valence-electron chi connectivity index (χ0n) is 8.09. The van der Waals surface area contributed by atoms with Gasteiger partial charge >= 0.3 is 6.09 Å². The van der Waals surface area contributed by atoms with E-state index in [9.17, 15) is 4.79 Å². The van der Waals surface area contributed by atoms with Crippen molar-refractivity contribution in [1.29, 1.82) is 0 Å². The van der Waals surface area contributed by atoms with E-state index in [-0.39, 0.29) is 6.07 Å². The van der Waals surface area contributed by atoms with Crippen molar-refractivity contribution >= 4 is 34.2 Å². The molecule has 0 aromatic carbocycles. The quantitative estimate of drug-likeness (QED) is 0.817. The van der Waals surface area contributed by atoms with Crippen LogP contribution in [-0.2, 0) is 17.6 Å². The molecule has 1 amide bonds. The molecule has 1 heterocycles. The molecule has 0 spiro atoms. The molecule has 4 nitrogen and oxygen atoms in total. The molecule has 2 rings (SSSR count). The molecule has 0 saturated heterocycles. The molecule has 1 aromatic rings. The molecule has 0 bridgehead atoms. The number of hydrogen-bond acceptors (Lipinski definition) is 4. The van der Waals surface area contributed by atoms with Crippen LogP contribution in [0.5, 0.6) is 0 Å². The molecule has 1 aromatic heterocycles. The SMILES string of the molecule is O=C(Nc1nc2c(s1)CCCC2)OCCl. The van der Waals surface area contributed by atoms with E-state index in [4.69, 9.17) is 11.6 Å². The van der Waals surface area contributed by atoms with Crippen LogP contribution < -0.4 is 5.32 Å². The number of thiazole rings is 1. The summed E-state index contributed by atoms with van der Waals surface area (Å²) < 4.78 is 4.56. The Morgan fingerprint density at radius 1 is 1.53 bits per heavy atom. The van der Waals surface area contributed by atoms with E-state index in [1.165, 1.54) is 29.1 Å². The van der Waals surface area contributed by atoms with Crippen LogP contribution in [0, 0.1) is 0 Å². The van der Waals surface area contributed by atoms with Gasteiger partial charge in [0.15, 0.2) is 11.2 Å². The van der Waals surface area contributed by atoms with Gasteiger partial charge in [0.05, 0.1) is 5.69 Å². The molecule has 1 aliphatic rings. The summed E-state index contributed by atoms with van der Waals surface area (Å²) in [4.78, 5) is 16.7. The predicted octanol–water partition coefficient (Wildman–Crippen LogP) is 2.77. The van der Waals surface area contributed by atoms with Crippen molar-refractivity contribution in [3.05, 3.63) is 10.6 Å². The predicted molar refractivity (Wildman–Crippen MR) is 59.6 cm³/mol. The molecule has 15 heavy (non-hydrogen) atoms. The second kappa shape index (κ2) is 4.81. The fourth-order valence-electron chi connectivity index (χ4n) is 1.58. The molecule has 1 aliphatic carbocycles. The first-order valence-electron chi connectivity index (χ1n) is 4.78. The van der Waals surface area contributed by atoms with E-state index in [0.717, 1.165) is 18.5 Å². The summed E-state index contributed by atoms with van der Waals surface area (Å²) in [7, 11) is 0. The molecule has 0 fully saturated rings. The van der Waals surface area contributed by atoms with Crippen LogP contribution in [-0.4, -0.2) is 17.1 Å². The molecule has 0 saturated carbocycles. The highest BCUT2D eigenvalue weighted by Gasteiger charge is 2.16. The lowest BCUT2D eigenvalue weighted by Crippen LogP contribution is -2.12. The van der Waals surface area contributed by atoms with Crippen LogP contribution >= 0.6 is 22.9 Å². The number of ether oxygens (including phenoxy) is 1. The highest BCUT2D eigenvalue weighted by molar-refractivity contribution is 7.15. The van der Waals surface area contributed by atoms with Crippen molar-refractivity contribution in [2.75, 3.05) is 11.4 Å². The Morgan fingerprint density at radius 2 is 2.33 bits per heavy atom. The van der Waals surface area contributed by atoms with E-state index in [1.54, 1.807) is 0 Å². The van der Waals surface area contributed by atoms with E-state index >= 15 is 0 Å². The number of hydrogen-bond donors (Lipinski definition) is 1. The summed E-state index contributed by atoms with van der Waals surface area (Å²) in [6.45, 7) is 0. The number of aryl methyl sites for hydroxylation is 2. The number of alkyl halides is 1. The molecule has 0 unspecified atom stereocenters. The van der Waals surface area contributed by atoms with Gasteiger partial charge in [-0.1, -0.05) is 11.6 Å². The average Bonchev–Trinajstić information content (AvgIpc) is 2.59. The van der Waals surface area contributed by atoms with Gasteiger partial charge in [0.2, 0.25) is 0 Å². The molecule has 0 aliphatic heterocycles. The highest BCUT2D eigenvalue weighted by atomic mass is 35.5. The normalized spacial score (nSPS) is 14.5. The fourth-order valence-corrected chi connectivity index (χ4v) is 2.71. The lowest BCUT2D eigenvalue weighted by atomic mass is 10.0. The summed E-state index contributed by atoms with van der Waals surface area (Å²) in [5.41, 5.74) is 1.12. The average molecular weight is 247 g/mol. The fraction of sp³-hybridized carbons (Fsp3) is 0.556. The van der Waals surface area contributed by atoms with Crippen molar-refractivity contribution in [2.24, 2.45) is 0 Å². The van der Waals surface area contributed by atoms with Crippen molar-refractivity contribution < 1.29 is 9.53 Å². The second-order valence-corrected chi connectivity index (χ2v) is 4.56. The Kier molecular flexibility index (Phi) is 3.43. The second-order valence-electron chi connectivity index (χ2n) is 3.26. The van der Waals surface area contributed by atoms with Crippen LogP contribution in [0.4, 0.5) is 9.93 Å². The first-order valence-corrected chi connectivity index (χ1v) is 6.13. The maximum absolute atomic E-state index is 11.1. The smallest absolute Gasteiger partial charge is 0.414 e. The maximum atomic E-state index is 11.1. The Bertz CT molecular complexity index is 343. The van der Waals surface area contributed by atoms with Crippen molar-refractivity contribution in [3.63, 3.8) is 0 Å². The maximum Gasteiger partial charge on any atom is 0.414 e. The van der Waals surface area contributed by atoms with Gasteiger partial charge in [-0.2, -0.15) is 0 Å². The number of nitrogens with one attached hydrogen (secondary N) is 1. The third-order valence-electron chi connectivity index (χ3n) is 2.24. The summed E-state index contributed by atoms with van der Waals surface area (Å²) in [5.74, 6) is 0. The van der Waals surface area contributed by atoms with Gasteiger partial charge in [-0.3, -0.25) is 5.32 Å². The summed E-state index contributed by atoms with van der Waals surface area (Å²) in [6.07, 6.45) is 3.93. The van der Waals surface area contributed by atoms with Gasteiger partial charge in [-0.05, 0) is 25.7 Å². The number of amides is 1. The number of anilines is 1. The summed E-state index contributed by atoms with van der Waals surface area (Å²) in [5, 5.41) is 3.17. The number of nitrogens with zero attached hydrogens (tertiary/aromatic N) is 1. The van der Waals surface area contributed by atoms with Gasteiger partial charge in [0.1, 0.15) is 0 Å². The zero-order valence-corrected chi connectivity index (χ0v) is 9.66. The van der Waals surface area contributed by atoms with Crippen LogP contribution in [0.25, 0.3) is 0 Å². The number of rotatable bonds is 2. The number of aromatic nitrogens is 1. The minimum Gasteiger partial charge on any atom is -0.433 e. The van der Waals surface area contributed by atoms with Crippen molar-refractivity contribution in [2.45, 2.75) is 25.7 Å².